The second kappa shape index (κ2) is 62.8. The van der Waals surface area contributed by atoms with Crippen molar-refractivity contribution in [3.8, 4) is 0 Å². The highest BCUT2D eigenvalue weighted by Gasteiger charge is 2.52. The van der Waals surface area contributed by atoms with E-state index in [0.29, 0.717) is 51.4 Å². The van der Waals surface area contributed by atoms with Crippen LogP contribution in [-0.2, 0) is 71.1 Å². The first kappa shape index (κ1) is 93.3. The van der Waals surface area contributed by atoms with Crippen molar-refractivity contribution in [1.29, 1.82) is 0 Å². The molecule has 0 bridgehead atoms. The van der Waals surface area contributed by atoms with Gasteiger partial charge in [0.15, 0.2) is 18.4 Å². The van der Waals surface area contributed by atoms with E-state index in [1.807, 2.05) is 6.92 Å². The lowest BCUT2D eigenvalue weighted by atomic mass is 9.95. The number of rotatable bonds is 69. The molecule has 0 unspecified atom stereocenters. The van der Waals surface area contributed by atoms with Crippen molar-refractivity contribution in [2.24, 2.45) is 0 Å². The quantitative estimate of drug-likeness (QED) is 0.0143. The topological polar surface area (TPSA) is 306 Å². The summed E-state index contributed by atoms with van der Waals surface area (Å²) in [7, 11) is -5.56. The number of aliphatic hydroxyl groups is 1. The third kappa shape index (κ3) is 52.0. The van der Waals surface area contributed by atoms with Gasteiger partial charge in [-0.1, -0.05) is 286 Å². The van der Waals surface area contributed by atoms with E-state index in [2.05, 4.69) is 45.3 Å². The van der Waals surface area contributed by atoms with Gasteiger partial charge in [0.1, 0.15) is 36.6 Å². The molecule has 21 nitrogen and oxygen atoms in total. The largest absolute Gasteiger partial charge is 0.480 e. The number of esters is 4. The number of nitrogens with one attached hydrogen (secondary N) is 2. The van der Waals surface area contributed by atoms with Crippen molar-refractivity contribution >= 4 is 49.5 Å². The number of amides is 2. The Kier molecular flexibility index (Phi) is 59.2. The Hall–Kier alpha value is -3.72. The van der Waals surface area contributed by atoms with Crippen LogP contribution >= 0.6 is 7.82 Å². The van der Waals surface area contributed by atoms with E-state index in [1.165, 1.54) is 44.9 Å². The summed E-state index contributed by atoms with van der Waals surface area (Å²) in [5.41, 5.74) is 0. The van der Waals surface area contributed by atoms with Gasteiger partial charge in [-0.15, -0.1) is 0 Å². The van der Waals surface area contributed by atoms with Crippen LogP contribution in [0, 0.1) is 0 Å². The molecule has 1 heterocycles. The zero-order valence-electron chi connectivity index (χ0n) is 62.9. The summed E-state index contributed by atoms with van der Waals surface area (Å²) < 4.78 is 54.5. The smallest absolute Gasteiger partial charge is 0.470 e. The molecule has 1 fully saturated rings. The minimum Gasteiger partial charge on any atom is -0.480 e. The van der Waals surface area contributed by atoms with Gasteiger partial charge in [-0.3, -0.25) is 33.3 Å². The van der Waals surface area contributed by atoms with Crippen LogP contribution in [0.25, 0.3) is 0 Å². The molecule has 0 aliphatic carbocycles. The molecule has 0 spiro atoms. The van der Waals surface area contributed by atoms with E-state index in [0.717, 1.165) is 199 Å². The Balaban J connectivity index is 3.82. The fourth-order valence-electron chi connectivity index (χ4n) is 12.8. The maximum Gasteiger partial charge on any atom is 0.470 e. The summed E-state index contributed by atoms with van der Waals surface area (Å²) >= 11 is 0. The van der Waals surface area contributed by atoms with Crippen molar-refractivity contribution in [2.45, 2.75) is 437 Å². The second-order valence-corrected chi connectivity index (χ2v) is 29.3. The first-order valence-electron chi connectivity index (χ1n) is 40.1. The number of carboxylic acids is 1. The summed E-state index contributed by atoms with van der Waals surface area (Å²) in [6.07, 6.45) is 33.5. The maximum atomic E-state index is 14.8. The zero-order chi connectivity index (χ0) is 73.0. The van der Waals surface area contributed by atoms with Crippen LogP contribution in [0.2, 0.25) is 0 Å². The normalized spacial score (nSPS) is 17.5. The van der Waals surface area contributed by atoms with E-state index in [4.69, 9.17) is 32.9 Å². The molecule has 6 N–H and O–H groups in total. The van der Waals surface area contributed by atoms with Crippen LogP contribution in [0.1, 0.15) is 382 Å². The molecule has 0 aromatic heterocycles. The summed E-state index contributed by atoms with van der Waals surface area (Å²) in [5.74, 6) is -5.57. The highest BCUT2D eigenvalue weighted by atomic mass is 31.2. The van der Waals surface area contributed by atoms with Crippen LogP contribution in [0.3, 0.4) is 0 Å². The van der Waals surface area contributed by atoms with E-state index in [1.54, 1.807) is 0 Å². The molecular formula is C77H143N2O19P. The van der Waals surface area contributed by atoms with Gasteiger partial charge >= 0.3 is 37.7 Å². The number of unbranched alkanes of at least 4 members (excludes halogenated alkanes) is 38. The van der Waals surface area contributed by atoms with Gasteiger partial charge in [0.25, 0.3) is 0 Å². The van der Waals surface area contributed by atoms with Crippen molar-refractivity contribution in [2.75, 3.05) is 13.2 Å². The molecule has 1 aliphatic heterocycles. The Morgan fingerprint density at radius 2 is 0.727 bits per heavy atom. The summed E-state index contributed by atoms with van der Waals surface area (Å²) in [6.45, 7) is 10.9. The molecule has 0 aromatic rings. The van der Waals surface area contributed by atoms with E-state index in [-0.39, 0.29) is 32.1 Å². The number of ether oxygens (including phenoxy) is 6. The molecule has 0 saturated carbocycles. The lowest BCUT2D eigenvalue weighted by molar-refractivity contribution is -0.272. The zero-order valence-corrected chi connectivity index (χ0v) is 63.8. The second-order valence-electron chi connectivity index (χ2n) is 28.1. The number of carbonyl (C=O) groups is 7. The highest BCUT2D eigenvalue weighted by Crippen LogP contribution is 2.42. The third-order valence-electron chi connectivity index (χ3n) is 18.7. The molecule has 0 aromatic carbocycles. The Morgan fingerprint density at radius 3 is 1.07 bits per heavy atom. The molecule has 22 heteroatoms. The van der Waals surface area contributed by atoms with Crippen LogP contribution in [-0.4, -0.2) is 130 Å². The number of carboxylic acid groups (broad SMARTS) is 1. The summed E-state index contributed by atoms with van der Waals surface area (Å²) in [4.78, 5) is 117. The first-order valence-corrected chi connectivity index (χ1v) is 41.6. The number of aliphatic hydroxyl groups excluding tert-OH is 1. The minimum absolute atomic E-state index is 0.111. The molecular weight excluding hydrogens is 1290 g/mol. The molecule has 99 heavy (non-hydrogen) atoms. The predicted octanol–water partition coefficient (Wildman–Crippen LogP) is 17.7. The number of carbonyl (C=O) groups excluding carboxylic acids is 6. The van der Waals surface area contributed by atoms with Gasteiger partial charge in [-0.2, -0.15) is 0 Å². The van der Waals surface area contributed by atoms with Crippen molar-refractivity contribution in [3.63, 3.8) is 0 Å². The van der Waals surface area contributed by atoms with Gasteiger partial charge in [0.05, 0.1) is 32.5 Å². The fraction of sp³-hybridized carbons (Fsp3) is 0.909. The number of hydrogen-bond donors (Lipinski definition) is 6. The van der Waals surface area contributed by atoms with Crippen molar-refractivity contribution in [3.05, 3.63) is 0 Å². The van der Waals surface area contributed by atoms with E-state index in [9.17, 15) is 58.1 Å². The maximum absolute atomic E-state index is 14.8. The van der Waals surface area contributed by atoms with Crippen LogP contribution in [0.4, 0.5) is 0 Å². The first-order chi connectivity index (χ1) is 47.8. The van der Waals surface area contributed by atoms with Gasteiger partial charge in [0, 0.05) is 19.3 Å². The number of phosphoric acid groups is 1. The van der Waals surface area contributed by atoms with Crippen LogP contribution < -0.4 is 10.6 Å². The fourth-order valence-corrected chi connectivity index (χ4v) is 13.4. The van der Waals surface area contributed by atoms with Gasteiger partial charge < -0.3 is 59.1 Å². The standard InChI is InChI=1S/C77H143N2O19P/c1-7-13-19-24-29-32-37-40-46-51-62(93-70(84)55-49-43-35-27-22-16-10-4)57-67(81)78-65(76(87)88)61-92-77-73(79-68(82)58-63(52-47-41-38-33-30-25-20-14-8-2)94-71(85)56-50-44-36-28-23-17-11-5)75(74(66(60-80)96-77)98-99(89,90)91)97-72(86)59-64(95-69(83)54-45-18-12-6)53-48-42-39-34-31-26-21-15-9-3/h62-66,73-75,77,80H,7-61H2,1-6H3,(H,78,81)(H,79,82)(H,87,88)(H2,89,90,91)/t62-,63-,64-,65+,66-,73-,74-,75-,77+/m1/s1. The number of aliphatic carboxylic acids is 1. The SMILES string of the molecule is CCCCCCCCCCC[C@H](CC(=O)N[C@H]1[C@@H](OC[C@H](NC(=O)C[C@@H](CCCCCCCCCCC)OC(=O)CCCCCCCCC)C(=O)O)O[C@H](CO)[C@@H](OP(=O)(O)O)[C@@H]1OC(=O)C[C@@H](CCCCCCCCCCC)OC(=O)CCCCC)OC(=O)CCCCCCCCC. The average molecular weight is 1430 g/mol. The summed E-state index contributed by atoms with van der Waals surface area (Å²) in [5, 5.41) is 26.8. The van der Waals surface area contributed by atoms with E-state index < -0.39 is 131 Å². The van der Waals surface area contributed by atoms with Crippen LogP contribution in [0.15, 0.2) is 0 Å². The lowest BCUT2D eigenvalue weighted by Gasteiger charge is -2.45. The number of phosphoric ester groups is 1. The lowest BCUT2D eigenvalue weighted by Crippen LogP contribution is -2.66. The Labute approximate surface area is 598 Å². The highest BCUT2D eigenvalue weighted by molar-refractivity contribution is 7.46. The molecule has 9 atom stereocenters. The molecule has 1 saturated heterocycles. The molecule has 580 valence electrons. The summed E-state index contributed by atoms with van der Waals surface area (Å²) in [6, 6.07) is -3.59. The predicted molar refractivity (Wildman–Crippen MR) is 388 cm³/mol. The molecule has 0 radical (unpaired) electrons. The van der Waals surface area contributed by atoms with Gasteiger partial charge in [0.2, 0.25) is 11.8 Å². The monoisotopic (exact) mass is 1430 g/mol. The van der Waals surface area contributed by atoms with Crippen molar-refractivity contribution < 1.29 is 91.1 Å². The van der Waals surface area contributed by atoms with E-state index >= 15 is 0 Å². The minimum atomic E-state index is -5.56. The average Bonchev–Trinajstić information content (AvgIpc) is 0.782. The molecule has 2 amide bonds. The third-order valence-corrected chi connectivity index (χ3v) is 19.2. The van der Waals surface area contributed by atoms with Gasteiger partial charge in [-0.25, -0.2) is 9.36 Å². The van der Waals surface area contributed by atoms with Crippen molar-refractivity contribution in [1.82, 2.24) is 10.6 Å². The Bertz CT molecular complexity index is 2100. The Morgan fingerprint density at radius 1 is 0.414 bits per heavy atom. The molecule has 1 aliphatic rings. The number of hydrogen-bond acceptors (Lipinski definition) is 16. The van der Waals surface area contributed by atoms with Crippen LogP contribution in [0.5, 0.6) is 0 Å². The van der Waals surface area contributed by atoms with Gasteiger partial charge in [-0.05, 0) is 57.8 Å². The molecule has 1 rings (SSSR count).